The maximum atomic E-state index is 14.5. The summed E-state index contributed by atoms with van der Waals surface area (Å²) in [7, 11) is 0. The summed E-state index contributed by atoms with van der Waals surface area (Å²) in [6.07, 6.45) is -4.81. The van der Waals surface area contributed by atoms with Gasteiger partial charge in [-0.2, -0.15) is 13.2 Å². The molecule has 2 rings (SSSR count). The first-order chi connectivity index (χ1) is 14.3. The maximum absolute atomic E-state index is 14.5. The molecule has 0 bridgehead atoms. The van der Waals surface area contributed by atoms with Crippen LogP contribution in [0.25, 0.3) is 0 Å². The lowest BCUT2D eigenvalue weighted by atomic mass is 9.99. The van der Waals surface area contributed by atoms with Crippen LogP contribution in [0.2, 0.25) is 0 Å². The van der Waals surface area contributed by atoms with Gasteiger partial charge >= 0.3 is 12.1 Å². The lowest BCUT2D eigenvalue weighted by Gasteiger charge is -2.29. The quantitative estimate of drug-likeness (QED) is 0.308. The molecule has 1 aliphatic heterocycles. The van der Waals surface area contributed by atoms with E-state index in [1.165, 1.54) is 6.92 Å². The molecule has 0 aliphatic carbocycles. The number of carbonyl (C=O) groups is 2. The van der Waals surface area contributed by atoms with Crippen LogP contribution in [-0.4, -0.2) is 55.7 Å². The number of carbonyl (C=O) groups excluding carboxylic acids is 2. The third-order valence-corrected chi connectivity index (χ3v) is 4.20. The largest absolute Gasteiger partial charge is 0.462 e. The summed E-state index contributed by atoms with van der Waals surface area (Å²) in [4.78, 5) is 23.0. The fraction of sp³-hybridized carbons (Fsp3) is 0.600. The van der Waals surface area contributed by atoms with Gasteiger partial charge in [0.1, 0.15) is 5.60 Å². The van der Waals surface area contributed by atoms with Crippen molar-refractivity contribution in [2.75, 3.05) is 38.5 Å². The van der Waals surface area contributed by atoms with Crippen LogP contribution >= 0.6 is 0 Å². The van der Waals surface area contributed by atoms with Crippen LogP contribution in [0.5, 0.6) is 0 Å². The minimum atomic E-state index is -4.81. The van der Waals surface area contributed by atoms with E-state index in [4.69, 9.17) is 5.73 Å². The molecule has 0 aromatic heterocycles. The maximum Gasteiger partial charge on any atom is 0.416 e. The molecule has 1 fully saturated rings. The summed E-state index contributed by atoms with van der Waals surface area (Å²) in [5, 5.41) is 3.07. The third-order valence-electron chi connectivity index (χ3n) is 4.20. The first kappa shape index (κ1) is 26.6. The van der Waals surface area contributed by atoms with Crippen molar-refractivity contribution in [2.24, 2.45) is 0 Å². The molecule has 0 amide bonds. The average molecular weight is 451 g/mol. The molecule has 1 aromatic carbocycles. The van der Waals surface area contributed by atoms with Gasteiger partial charge in [0.2, 0.25) is 0 Å². The van der Waals surface area contributed by atoms with E-state index in [9.17, 15) is 27.2 Å². The number of alkyl halides is 3. The fourth-order valence-electron chi connectivity index (χ4n) is 2.73. The molecule has 1 aromatic rings. The number of piperazine rings is 1. The number of ether oxygens (including phenoxy) is 2. The lowest BCUT2D eigenvalue weighted by molar-refractivity contribution is -0.139. The Kier molecular flexibility index (Phi) is 9.70. The van der Waals surface area contributed by atoms with E-state index in [-0.39, 0.29) is 18.8 Å². The van der Waals surface area contributed by atoms with Crippen molar-refractivity contribution in [3.8, 4) is 0 Å². The molecule has 0 atom stereocenters. The van der Waals surface area contributed by atoms with Gasteiger partial charge < -0.3 is 20.5 Å². The standard InChI is InChI=1S/C15H19F4N3O2.C5H10O2/c1-2-24-14(23)9-7-11(15(17,18)19)10(12(16)13(9)20)8-22-5-3-21-4-6-22;1-5(2,3)7-4-6/h7,21H,2-6,8,20H2,1H3;4H,1-3H3. The van der Waals surface area contributed by atoms with Gasteiger partial charge in [0.05, 0.1) is 23.4 Å². The zero-order valence-electron chi connectivity index (χ0n) is 18.1. The predicted molar refractivity (Wildman–Crippen MR) is 107 cm³/mol. The second-order valence-corrected chi connectivity index (χ2v) is 7.75. The number of hydrogen-bond donors (Lipinski definition) is 2. The van der Waals surface area contributed by atoms with Crippen molar-refractivity contribution in [2.45, 2.75) is 46.0 Å². The summed E-state index contributed by atoms with van der Waals surface area (Å²) in [6, 6.07) is 0.577. The van der Waals surface area contributed by atoms with Crippen molar-refractivity contribution in [1.29, 1.82) is 0 Å². The Bertz CT molecular complexity index is 758. The number of hydrogen-bond acceptors (Lipinski definition) is 7. The number of halogens is 4. The highest BCUT2D eigenvalue weighted by molar-refractivity contribution is 5.95. The molecule has 1 aliphatic rings. The monoisotopic (exact) mass is 451 g/mol. The summed E-state index contributed by atoms with van der Waals surface area (Å²) >= 11 is 0. The van der Waals surface area contributed by atoms with Gasteiger partial charge in [0.25, 0.3) is 6.47 Å². The Morgan fingerprint density at radius 3 is 2.26 bits per heavy atom. The van der Waals surface area contributed by atoms with E-state index in [0.29, 0.717) is 38.7 Å². The molecule has 1 heterocycles. The highest BCUT2D eigenvalue weighted by atomic mass is 19.4. The second-order valence-electron chi connectivity index (χ2n) is 7.75. The molecule has 1 saturated heterocycles. The summed E-state index contributed by atoms with van der Waals surface area (Å²) in [6.45, 7) is 9.35. The third kappa shape index (κ3) is 8.33. The fourth-order valence-corrected chi connectivity index (χ4v) is 2.73. The highest BCUT2D eigenvalue weighted by Crippen LogP contribution is 2.37. The molecule has 0 radical (unpaired) electrons. The number of nitrogens with two attached hydrogens (primary N) is 1. The van der Waals surface area contributed by atoms with E-state index < -0.39 is 40.3 Å². The number of anilines is 1. The number of esters is 1. The Hall–Kier alpha value is -2.40. The SMILES string of the molecule is CC(C)(C)OC=O.CCOC(=O)c1cc(C(F)(F)F)c(CN2CCNCC2)c(F)c1N. The van der Waals surface area contributed by atoms with Crippen LogP contribution in [-0.2, 0) is 27.0 Å². The van der Waals surface area contributed by atoms with Gasteiger partial charge in [-0.15, -0.1) is 0 Å². The smallest absolute Gasteiger partial charge is 0.416 e. The number of nitrogens with one attached hydrogen (secondary N) is 1. The van der Waals surface area contributed by atoms with Crippen molar-refractivity contribution in [3.63, 3.8) is 0 Å². The molecule has 176 valence electrons. The van der Waals surface area contributed by atoms with Crippen LogP contribution in [0.1, 0.15) is 49.2 Å². The summed E-state index contributed by atoms with van der Waals surface area (Å²) in [5.41, 5.74) is 2.27. The second kappa shape index (κ2) is 11.3. The van der Waals surface area contributed by atoms with Gasteiger partial charge in [-0.1, -0.05) is 0 Å². The van der Waals surface area contributed by atoms with Gasteiger partial charge in [0, 0.05) is 38.3 Å². The molecule has 7 nitrogen and oxygen atoms in total. The molecule has 0 unspecified atom stereocenters. The molecule has 0 saturated carbocycles. The number of rotatable bonds is 5. The van der Waals surface area contributed by atoms with Crippen molar-refractivity contribution >= 4 is 18.1 Å². The summed E-state index contributed by atoms with van der Waals surface area (Å²) in [5.74, 6) is -2.29. The van der Waals surface area contributed by atoms with Crippen molar-refractivity contribution in [3.05, 3.63) is 28.6 Å². The molecule has 11 heteroatoms. The lowest BCUT2D eigenvalue weighted by Crippen LogP contribution is -2.43. The molecular formula is C20H29F4N3O4. The summed E-state index contributed by atoms with van der Waals surface area (Å²) < 4.78 is 63.8. The van der Waals surface area contributed by atoms with Crippen LogP contribution < -0.4 is 11.1 Å². The van der Waals surface area contributed by atoms with Gasteiger partial charge in [-0.05, 0) is 33.8 Å². The van der Waals surface area contributed by atoms with E-state index in [0.717, 1.165) is 0 Å². The van der Waals surface area contributed by atoms with Crippen LogP contribution in [0, 0.1) is 5.82 Å². The Balaban J connectivity index is 0.000000592. The number of benzene rings is 1. The van der Waals surface area contributed by atoms with Crippen LogP contribution in [0.15, 0.2) is 6.07 Å². The Morgan fingerprint density at radius 1 is 1.26 bits per heavy atom. The average Bonchev–Trinajstić information content (AvgIpc) is 2.65. The van der Waals surface area contributed by atoms with E-state index >= 15 is 0 Å². The Labute approximate surface area is 178 Å². The van der Waals surface area contributed by atoms with Gasteiger partial charge in [0.15, 0.2) is 5.82 Å². The highest BCUT2D eigenvalue weighted by Gasteiger charge is 2.37. The predicted octanol–water partition coefficient (Wildman–Crippen LogP) is 2.97. The zero-order chi connectivity index (χ0) is 23.8. The Morgan fingerprint density at radius 2 is 1.84 bits per heavy atom. The molecule has 3 N–H and O–H groups in total. The van der Waals surface area contributed by atoms with Gasteiger partial charge in [-0.25, -0.2) is 9.18 Å². The zero-order valence-corrected chi connectivity index (χ0v) is 18.1. The minimum Gasteiger partial charge on any atom is -0.462 e. The van der Waals surface area contributed by atoms with Crippen molar-refractivity contribution in [1.82, 2.24) is 10.2 Å². The first-order valence-corrected chi connectivity index (χ1v) is 9.71. The van der Waals surface area contributed by atoms with E-state index in [1.807, 2.05) is 20.8 Å². The topological polar surface area (TPSA) is 93.9 Å². The number of nitrogen functional groups attached to an aromatic ring is 1. The van der Waals surface area contributed by atoms with Crippen LogP contribution in [0.3, 0.4) is 0 Å². The van der Waals surface area contributed by atoms with Crippen molar-refractivity contribution < 1.29 is 36.6 Å². The van der Waals surface area contributed by atoms with E-state index in [1.54, 1.807) is 4.90 Å². The van der Waals surface area contributed by atoms with Crippen LogP contribution in [0.4, 0.5) is 23.2 Å². The molecule has 0 spiro atoms. The molecular weight excluding hydrogens is 422 g/mol. The molecule has 31 heavy (non-hydrogen) atoms. The van der Waals surface area contributed by atoms with Gasteiger partial charge in [-0.3, -0.25) is 9.69 Å². The normalized spacial score (nSPS) is 15.0. The number of nitrogens with zero attached hydrogens (tertiary/aromatic N) is 1. The first-order valence-electron chi connectivity index (χ1n) is 9.71. The minimum absolute atomic E-state index is 0.0518. The van der Waals surface area contributed by atoms with E-state index in [2.05, 4.69) is 14.8 Å².